The molecule has 1 aliphatic carbocycles. The maximum atomic E-state index is 14.1. The van der Waals surface area contributed by atoms with Crippen molar-refractivity contribution in [1.82, 2.24) is 21.3 Å². The molecule has 0 spiro atoms. The summed E-state index contributed by atoms with van der Waals surface area (Å²) in [6.07, 6.45) is 0.366. The maximum Gasteiger partial charge on any atom is 0.408 e. The molecule has 6 atom stereocenters. The Morgan fingerprint density at radius 1 is 0.865 bits per heavy atom. The van der Waals surface area contributed by atoms with E-state index in [9.17, 15) is 28.8 Å². The Morgan fingerprint density at radius 2 is 1.48 bits per heavy atom. The summed E-state index contributed by atoms with van der Waals surface area (Å²) < 4.78 is 5.39. The van der Waals surface area contributed by atoms with E-state index in [0.717, 1.165) is 11.1 Å². The summed E-state index contributed by atoms with van der Waals surface area (Å²) in [5.74, 6) is -5.13. The van der Waals surface area contributed by atoms with Crippen LogP contribution in [0.2, 0.25) is 0 Å². The summed E-state index contributed by atoms with van der Waals surface area (Å²) in [5, 5.41) is 10.7. The number of carbonyl (C=O) groups is 6. The highest BCUT2D eigenvalue weighted by atomic mass is 16.5. The average Bonchev–Trinajstić information content (AvgIpc) is 3.86. The number of hydrogen-bond donors (Lipinski definition) is 7. The number of rotatable bonds is 20. The number of ether oxygens (including phenoxy) is 1. The van der Waals surface area contributed by atoms with Crippen molar-refractivity contribution in [2.75, 3.05) is 6.54 Å². The molecule has 2 aromatic carbocycles. The van der Waals surface area contributed by atoms with Crippen molar-refractivity contribution in [3.8, 4) is 0 Å². The Balaban J connectivity index is 1.79. The second kappa shape index (κ2) is 19.2. The fourth-order valence-electron chi connectivity index (χ4n) is 5.96. The Labute approximate surface area is 304 Å². The minimum atomic E-state index is -1.42. The van der Waals surface area contributed by atoms with E-state index in [2.05, 4.69) is 26.3 Å². The molecule has 0 saturated heterocycles. The number of nitrogens with zero attached hydrogens (tertiary/aromatic N) is 1. The highest BCUT2D eigenvalue weighted by Gasteiger charge is 2.63. The molecule has 0 aliphatic heterocycles. The van der Waals surface area contributed by atoms with Gasteiger partial charge in [0, 0.05) is 13.0 Å². The quantitative estimate of drug-likeness (QED) is 0.0448. The van der Waals surface area contributed by atoms with Crippen LogP contribution in [0.25, 0.3) is 0 Å². The molecule has 3 rings (SSSR count). The maximum absolute atomic E-state index is 14.1. The van der Waals surface area contributed by atoms with E-state index in [-0.39, 0.29) is 50.2 Å². The molecule has 1 saturated carbocycles. The number of amides is 5. The lowest BCUT2D eigenvalue weighted by molar-refractivity contribution is -0.142. The second-order valence-corrected chi connectivity index (χ2v) is 13.5. The number of hydrogen-bond acceptors (Lipinski definition) is 8. The molecule has 0 heterocycles. The number of alkyl carbamates (subject to hydrolysis) is 1. The molecule has 2 aromatic rings. The first-order valence-corrected chi connectivity index (χ1v) is 17.5. The first-order chi connectivity index (χ1) is 24.7. The Morgan fingerprint density at radius 3 is 2.02 bits per heavy atom. The summed E-state index contributed by atoms with van der Waals surface area (Å²) in [5.41, 5.74) is 16.2. The van der Waals surface area contributed by atoms with Crippen LogP contribution in [0.4, 0.5) is 4.79 Å². The summed E-state index contributed by atoms with van der Waals surface area (Å²) >= 11 is 0. The summed E-state index contributed by atoms with van der Waals surface area (Å²) in [4.78, 5) is 83.6. The van der Waals surface area contributed by atoms with E-state index in [0.29, 0.717) is 12.8 Å². The van der Waals surface area contributed by atoms with Crippen LogP contribution < -0.4 is 38.5 Å². The molecule has 0 aromatic heterocycles. The molecule has 15 nitrogen and oxygen atoms in total. The standard InChI is InChI=1S/C37H52N8O7/c1-5-23(4)29(30(46)33(49)42-27(31(38)47)17-12-18-41-35(39)40)44-34(50)37(20-26(37)22(2)3)45-32(48)28(19-24-13-8-6-9-14-24)43-36(51)52-21-25-15-10-7-11-16-25/h6-11,13-16,22-23,26-29H,5,12,17-21H2,1-4H3,(H2,38,47)(H,42,49)(H,43,51)(H,44,50)(H,45,48)(H4,39,40,41)/t23-,26-,27-,28-,29?,37?/m0/s1. The minimum Gasteiger partial charge on any atom is -0.445 e. The van der Waals surface area contributed by atoms with E-state index in [1.807, 2.05) is 62.4 Å². The number of primary amides is 1. The van der Waals surface area contributed by atoms with Gasteiger partial charge in [0.1, 0.15) is 24.2 Å². The minimum absolute atomic E-state index is 0.00905. The third kappa shape index (κ3) is 11.8. The summed E-state index contributed by atoms with van der Waals surface area (Å²) in [6, 6.07) is 14.6. The Kier molecular flexibility index (Phi) is 15.1. The number of aliphatic imine (C=N–C) groups is 1. The molecule has 10 N–H and O–H groups in total. The van der Waals surface area contributed by atoms with Gasteiger partial charge in [-0.15, -0.1) is 0 Å². The topological polar surface area (TPSA) is 250 Å². The van der Waals surface area contributed by atoms with Gasteiger partial charge in [-0.05, 0) is 48.1 Å². The van der Waals surface area contributed by atoms with Crippen LogP contribution in [-0.2, 0) is 41.7 Å². The van der Waals surface area contributed by atoms with E-state index >= 15 is 0 Å². The van der Waals surface area contributed by atoms with Gasteiger partial charge in [0.15, 0.2) is 5.96 Å². The zero-order valence-electron chi connectivity index (χ0n) is 30.2. The van der Waals surface area contributed by atoms with Crippen molar-refractivity contribution in [2.24, 2.45) is 39.9 Å². The molecule has 1 fully saturated rings. The molecular formula is C37H52N8O7. The smallest absolute Gasteiger partial charge is 0.408 e. The Bertz CT molecular complexity index is 1580. The van der Waals surface area contributed by atoms with E-state index in [1.54, 1.807) is 26.0 Å². The van der Waals surface area contributed by atoms with Crippen LogP contribution >= 0.6 is 0 Å². The molecule has 15 heteroatoms. The van der Waals surface area contributed by atoms with Crippen LogP contribution in [0.3, 0.4) is 0 Å². The fourth-order valence-corrected chi connectivity index (χ4v) is 5.96. The van der Waals surface area contributed by atoms with Crippen molar-refractivity contribution in [3.05, 3.63) is 71.8 Å². The molecule has 5 amide bonds. The highest BCUT2D eigenvalue weighted by molar-refractivity contribution is 6.39. The van der Waals surface area contributed by atoms with Gasteiger partial charge in [-0.25, -0.2) is 4.79 Å². The van der Waals surface area contributed by atoms with Gasteiger partial charge in [-0.3, -0.25) is 29.0 Å². The Hall–Kier alpha value is -5.47. The lowest BCUT2D eigenvalue weighted by atomic mass is 9.93. The fraction of sp³-hybridized carbons (Fsp3) is 0.486. The summed E-state index contributed by atoms with van der Waals surface area (Å²) in [7, 11) is 0. The number of Topliss-reactive ketones (excluding diaryl/α,β-unsaturated/α-hetero) is 1. The molecule has 282 valence electrons. The lowest BCUT2D eigenvalue weighted by Gasteiger charge is -2.28. The first-order valence-electron chi connectivity index (χ1n) is 17.5. The number of nitrogens with one attached hydrogen (secondary N) is 4. The predicted octanol–water partition coefficient (Wildman–Crippen LogP) is 1.18. The van der Waals surface area contributed by atoms with E-state index in [1.165, 1.54) is 0 Å². The largest absolute Gasteiger partial charge is 0.445 e. The van der Waals surface area contributed by atoms with Crippen molar-refractivity contribution in [3.63, 3.8) is 0 Å². The summed E-state index contributed by atoms with van der Waals surface area (Å²) in [6.45, 7) is 7.50. The van der Waals surface area contributed by atoms with Crippen LogP contribution in [0.5, 0.6) is 0 Å². The molecule has 1 aliphatic rings. The van der Waals surface area contributed by atoms with Crippen LogP contribution in [-0.4, -0.2) is 71.7 Å². The number of carbonyl (C=O) groups excluding carboxylic acids is 6. The van der Waals surface area contributed by atoms with Gasteiger partial charge < -0.3 is 43.2 Å². The van der Waals surface area contributed by atoms with Crippen molar-refractivity contribution in [2.45, 2.75) is 90.1 Å². The SMILES string of the molecule is CC[C@H](C)C(NC(=O)C1(NC(=O)[C@H](Cc2ccccc2)NC(=O)OCc2ccccc2)C[C@H]1C(C)C)C(=O)C(=O)N[C@@H](CCCN=C(N)N)C(N)=O. The van der Waals surface area contributed by atoms with Crippen LogP contribution in [0, 0.1) is 17.8 Å². The molecule has 52 heavy (non-hydrogen) atoms. The second-order valence-electron chi connectivity index (χ2n) is 13.5. The number of nitrogens with two attached hydrogens (primary N) is 3. The normalized spacial score (nSPS) is 18.4. The number of benzene rings is 2. The van der Waals surface area contributed by atoms with E-state index < -0.39 is 65.1 Å². The number of ketones is 1. The molecule has 0 radical (unpaired) electrons. The average molecular weight is 721 g/mol. The van der Waals surface area contributed by atoms with Gasteiger partial charge in [-0.2, -0.15) is 0 Å². The third-order valence-corrected chi connectivity index (χ3v) is 9.27. The van der Waals surface area contributed by atoms with Gasteiger partial charge in [0.25, 0.3) is 5.91 Å². The van der Waals surface area contributed by atoms with Gasteiger partial charge in [0.05, 0.1) is 6.04 Å². The van der Waals surface area contributed by atoms with Crippen LogP contribution in [0.1, 0.15) is 64.5 Å². The molecule has 0 bridgehead atoms. The molecule has 2 unspecified atom stereocenters. The zero-order chi connectivity index (χ0) is 38.4. The predicted molar refractivity (Wildman–Crippen MR) is 195 cm³/mol. The number of guanidine groups is 1. The van der Waals surface area contributed by atoms with E-state index in [4.69, 9.17) is 21.9 Å². The van der Waals surface area contributed by atoms with Crippen molar-refractivity contribution < 1.29 is 33.5 Å². The first kappa shape index (κ1) is 41.0. The van der Waals surface area contributed by atoms with Crippen molar-refractivity contribution >= 4 is 41.5 Å². The zero-order valence-corrected chi connectivity index (χ0v) is 30.2. The monoisotopic (exact) mass is 720 g/mol. The third-order valence-electron chi connectivity index (χ3n) is 9.27. The van der Waals surface area contributed by atoms with Crippen molar-refractivity contribution in [1.29, 1.82) is 0 Å². The van der Waals surface area contributed by atoms with Gasteiger partial charge >= 0.3 is 6.09 Å². The lowest BCUT2D eigenvalue weighted by Crippen LogP contribution is -2.61. The van der Waals surface area contributed by atoms with Gasteiger partial charge in [-0.1, -0.05) is 94.8 Å². The highest BCUT2D eigenvalue weighted by Crippen LogP contribution is 2.49. The van der Waals surface area contributed by atoms with Gasteiger partial charge in [0.2, 0.25) is 23.5 Å². The van der Waals surface area contributed by atoms with Crippen LogP contribution in [0.15, 0.2) is 65.7 Å². The molecular weight excluding hydrogens is 668 g/mol.